The minimum absolute atomic E-state index is 0.101. The molecule has 1 amide bonds. The van der Waals surface area contributed by atoms with Gasteiger partial charge in [0.15, 0.2) is 17.9 Å². The molecule has 8 heteroatoms. The number of allylic oxidation sites excluding steroid dienone is 1. The summed E-state index contributed by atoms with van der Waals surface area (Å²) in [5, 5.41) is 13.5. The monoisotopic (exact) mass is 647 g/mol. The third-order valence-corrected chi connectivity index (χ3v) is 12.8. The Bertz CT molecular complexity index is 1680. The van der Waals surface area contributed by atoms with Gasteiger partial charge < -0.3 is 14.7 Å². The summed E-state index contributed by atoms with van der Waals surface area (Å²) < 4.78 is 5.33. The van der Waals surface area contributed by atoms with Crippen LogP contribution >= 0.6 is 6.89 Å². The Morgan fingerprint density at radius 3 is 1.83 bits per heavy atom. The zero-order chi connectivity index (χ0) is 33.4. The largest absolute Gasteiger partial charge is 0.486 e. The summed E-state index contributed by atoms with van der Waals surface area (Å²) in [7, 11) is 0. The fourth-order valence-electron chi connectivity index (χ4n) is 6.35. The van der Waals surface area contributed by atoms with Crippen LogP contribution in [0.15, 0.2) is 128 Å². The quantitative estimate of drug-likeness (QED) is 0.0660. The average molecular weight is 648 g/mol. The minimum atomic E-state index is -3.05. The molecule has 0 aliphatic carbocycles. The summed E-state index contributed by atoms with van der Waals surface area (Å²) in [4.78, 5) is 55.0. The Morgan fingerprint density at radius 2 is 1.38 bits per heavy atom. The SMILES string of the molecule is C=CCCC(=O)C(N1C(=O)[C@H]([C@@H](C)O)[C@H]1CC(=O)c1ccc(OCC=O)cc1)=P(c1ccccc1)(c1ccccc1)c1ccccc1. The molecule has 0 bridgehead atoms. The second-order valence-corrected chi connectivity index (χ2v) is 14.7. The highest BCUT2D eigenvalue weighted by Gasteiger charge is 2.55. The van der Waals surface area contributed by atoms with E-state index < -0.39 is 24.9 Å². The zero-order valence-corrected chi connectivity index (χ0v) is 27.2. The molecule has 47 heavy (non-hydrogen) atoms. The molecule has 7 nitrogen and oxygen atoms in total. The van der Waals surface area contributed by atoms with Gasteiger partial charge in [0.25, 0.3) is 0 Å². The Hall–Kier alpha value is -4.84. The van der Waals surface area contributed by atoms with E-state index in [0.29, 0.717) is 29.4 Å². The summed E-state index contributed by atoms with van der Waals surface area (Å²) in [6.45, 7) is 2.23. The lowest BCUT2D eigenvalue weighted by Gasteiger charge is -2.51. The van der Waals surface area contributed by atoms with Gasteiger partial charge in [0.05, 0.1) is 23.5 Å². The van der Waals surface area contributed by atoms with Crippen LogP contribution in [-0.2, 0) is 14.4 Å². The number of ether oxygens (including phenoxy) is 1. The van der Waals surface area contributed by atoms with Crippen LogP contribution in [0.4, 0.5) is 0 Å². The highest BCUT2D eigenvalue weighted by atomic mass is 31.2. The van der Waals surface area contributed by atoms with Gasteiger partial charge in [-0.15, -0.1) is 6.58 Å². The molecule has 1 fully saturated rings. The molecule has 1 aliphatic rings. The summed E-state index contributed by atoms with van der Waals surface area (Å²) in [6, 6.07) is 35.0. The Balaban J connectivity index is 1.77. The van der Waals surface area contributed by atoms with Crippen molar-refractivity contribution >= 4 is 52.0 Å². The van der Waals surface area contributed by atoms with E-state index in [1.165, 1.54) is 4.90 Å². The normalized spacial score (nSPS) is 16.5. The van der Waals surface area contributed by atoms with Crippen LogP contribution in [0.2, 0.25) is 0 Å². The number of likely N-dealkylation sites (tertiary alicyclic amines) is 1. The number of hydrogen-bond donors (Lipinski definition) is 1. The van der Waals surface area contributed by atoms with E-state index in [1.54, 1.807) is 37.3 Å². The lowest BCUT2D eigenvalue weighted by molar-refractivity contribution is -0.155. The van der Waals surface area contributed by atoms with Gasteiger partial charge in [-0.3, -0.25) is 19.2 Å². The Morgan fingerprint density at radius 1 is 0.872 bits per heavy atom. The Kier molecular flexibility index (Phi) is 10.8. The molecule has 0 aromatic heterocycles. The maximum Gasteiger partial charge on any atom is 0.235 e. The number of aliphatic hydroxyl groups excluding tert-OH is 1. The maximum absolute atomic E-state index is 14.7. The summed E-state index contributed by atoms with van der Waals surface area (Å²) in [5.74, 6) is -1.27. The number of β-lactam (4-membered cyclic amide) rings is 1. The first-order chi connectivity index (χ1) is 22.8. The van der Waals surface area contributed by atoms with Crippen LogP contribution in [0.5, 0.6) is 5.75 Å². The fourth-order valence-corrected chi connectivity index (χ4v) is 10.9. The van der Waals surface area contributed by atoms with Crippen molar-refractivity contribution in [3.8, 4) is 5.75 Å². The number of ketones is 2. The minimum Gasteiger partial charge on any atom is -0.486 e. The van der Waals surface area contributed by atoms with Gasteiger partial charge in [-0.25, -0.2) is 0 Å². The molecule has 1 aliphatic heterocycles. The predicted molar refractivity (Wildman–Crippen MR) is 187 cm³/mol. The van der Waals surface area contributed by atoms with Gasteiger partial charge >= 0.3 is 0 Å². The van der Waals surface area contributed by atoms with Gasteiger partial charge in [-0.2, -0.15) is 0 Å². The highest BCUT2D eigenvalue weighted by molar-refractivity contribution is 7.96. The first-order valence-corrected chi connectivity index (χ1v) is 17.4. The van der Waals surface area contributed by atoms with Gasteiger partial charge in [-0.05, 0) is 53.5 Å². The molecule has 1 saturated heterocycles. The molecular formula is C39H38NO6P. The van der Waals surface area contributed by atoms with Gasteiger partial charge in [-0.1, -0.05) is 97.1 Å². The van der Waals surface area contributed by atoms with Crippen LogP contribution in [0, 0.1) is 5.92 Å². The van der Waals surface area contributed by atoms with Crippen molar-refractivity contribution < 1.29 is 29.0 Å². The number of rotatable bonds is 15. The van der Waals surface area contributed by atoms with E-state index in [4.69, 9.17) is 4.74 Å². The van der Waals surface area contributed by atoms with Crippen LogP contribution in [0.3, 0.4) is 0 Å². The average Bonchev–Trinajstić information content (AvgIpc) is 3.10. The van der Waals surface area contributed by atoms with E-state index in [9.17, 15) is 24.3 Å². The molecule has 0 radical (unpaired) electrons. The van der Waals surface area contributed by atoms with Crippen LogP contribution < -0.4 is 20.7 Å². The molecule has 4 aromatic carbocycles. The second-order valence-electron chi connectivity index (χ2n) is 11.4. The standard InChI is InChI=1S/C39H38NO6P/c1-3-4-20-35(43)39(47(31-14-8-5-9-15-31,32-16-10-6-11-17-32)33-18-12-7-13-19-33)40-34(37(28(2)42)38(40)45)27-36(44)29-21-23-30(24-22-29)46-26-25-41/h3,5-19,21-25,28,34,37,42H,1,4,20,26-27H2,2H3/t28-,34-,37-/m1/s1. The summed E-state index contributed by atoms with van der Waals surface area (Å²) >= 11 is 0. The molecular weight excluding hydrogens is 609 g/mol. The lowest BCUT2D eigenvalue weighted by Crippen LogP contribution is -2.68. The van der Waals surface area contributed by atoms with Crippen molar-refractivity contribution in [1.29, 1.82) is 0 Å². The smallest absolute Gasteiger partial charge is 0.235 e. The fraction of sp³-hybridized carbons (Fsp3) is 0.205. The lowest BCUT2D eigenvalue weighted by atomic mass is 9.79. The molecule has 3 atom stereocenters. The number of carbonyl (C=O) groups is 4. The number of Topliss-reactive ketones (excluding diaryl/α,β-unsaturated/α-hetero) is 2. The number of benzene rings is 4. The van der Waals surface area contributed by atoms with Crippen molar-refractivity contribution in [1.82, 2.24) is 4.90 Å². The van der Waals surface area contributed by atoms with Gasteiger partial charge in [0.1, 0.15) is 12.4 Å². The summed E-state index contributed by atoms with van der Waals surface area (Å²) in [6.07, 6.45) is 1.71. The van der Waals surface area contributed by atoms with Crippen LogP contribution in [0.1, 0.15) is 36.5 Å². The molecule has 1 N–H and O–H groups in total. The molecule has 1 heterocycles. The molecule has 0 saturated carbocycles. The molecule has 240 valence electrons. The van der Waals surface area contributed by atoms with E-state index >= 15 is 0 Å². The first kappa shape index (κ1) is 33.5. The van der Waals surface area contributed by atoms with E-state index in [-0.39, 0.29) is 36.9 Å². The first-order valence-electron chi connectivity index (χ1n) is 15.6. The molecule has 5 rings (SSSR count). The van der Waals surface area contributed by atoms with Gasteiger partial charge in [0, 0.05) is 25.3 Å². The van der Waals surface area contributed by atoms with Crippen molar-refractivity contribution in [2.24, 2.45) is 5.92 Å². The number of carbonyl (C=O) groups excluding carboxylic acids is 4. The third-order valence-electron chi connectivity index (χ3n) is 8.48. The van der Waals surface area contributed by atoms with Gasteiger partial charge in [0.2, 0.25) is 5.91 Å². The zero-order valence-electron chi connectivity index (χ0n) is 26.3. The topological polar surface area (TPSA) is 101 Å². The summed E-state index contributed by atoms with van der Waals surface area (Å²) in [5.41, 5.74) is 0.738. The number of amides is 1. The van der Waals surface area contributed by atoms with E-state index in [0.717, 1.165) is 15.9 Å². The van der Waals surface area contributed by atoms with Crippen LogP contribution in [0.25, 0.3) is 0 Å². The molecule has 0 spiro atoms. The predicted octanol–water partition coefficient (Wildman–Crippen LogP) is 4.70. The van der Waals surface area contributed by atoms with E-state index in [2.05, 4.69) is 6.58 Å². The third kappa shape index (κ3) is 6.69. The maximum atomic E-state index is 14.7. The number of nitrogens with zero attached hydrogens (tertiary/aromatic N) is 1. The molecule has 0 unspecified atom stereocenters. The number of hydrogen-bond acceptors (Lipinski definition) is 6. The second kappa shape index (κ2) is 15.2. The van der Waals surface area contributed by atoms with Crippen molar-refractivity contribution in [3.63, 3.8) is 0 Å². The van der Waals surface area contributed by atoms with Crippen molar-refractivity contribution in [3.05, 3.63) is 133 Å². The van der Waals surface area contributed by atoms with Crippen molar-refractivity contribution in [2.75, 3.05) is 6.61 Å². The van der Waals surface area contributed by atoms with Crippen molar-refractivity contribution in [2.45, 2.75) is 38.3 Å². The Labute approximate surface area is 275 Å². The molecule has 4 aromatic rings. The van der Waals surface area contributed by atoms with E-state index in [1.807, 2.05) is 91.0 Å². The number of aliphatic hydroxyl groups is 1. The highest BCUT2D eigenvalue weighted by Crippen LogP contribution is 2.50. The number of aldehydes is 1. The van der Waals surface area contributed by atoms with Crippen LogP contribution in [-0.4, -0.2) is 57.9 Å².